The molecule has 1 N–H and O–H groups in total. The Morgan fingerprint density at radius 1 is 1.31 bits per heavy atom. The average molecular weight is 225 g/mol. The number of nitrogens with zero attached hydrogens (tertiary/aromatic N) is 2. The van der Waals surface area contributed by atoms with Crippen molar-refractivity contribution >= 4 is 11.8 Å². The summed E-state index contributed by atoms with van der Waals surface area (Å²) in [6.07, 6.45) is 0. The fourth-order valence-corrected chi connectivity index (χ4v) is 1.27. The van der Waals surface area contributed by atoms with Crippen LogP contribution < -0.4 is 5.32 Å². The summed E-state index contributed by atoms with van der Waals surface area (Å²) in [6, 6.07) is 1.25. The molecule has 16 heavy (non-hydrogen) atoms. The summed E-state index contributed by atoms with van der Waals surface area (Å²) in [6.45, 7) is 8.13. The SMILES string of the molecule is CCN(CC)C(=O)C(C)NC(=O)C(C)C#N. The number of amides is 2. The van der Waals surface area contributed by atoms with E-state index in [-0.39, 0.29) is 5.91 Å². The summed E-state index contributed by atoms with van der Waals surface area (Å²) in [7, 11) is 0. The van der Waals surface area contributed by atoms with Gasteiger partial charge in [0.2, 0.25) is 11.8 Å². The van der Waals surface area contributed by atoms with E-state index in [9.17, 15) is 9.59 Å². The molecular formula is C11H19N3O2. The van der Waals surface area contributed by atoms with E-state index in [0.717, 1.165) is 0 Å². The molecule has 5 nitrogen and oxygen atoms in total. The van der Waals surface area contributed by atoms with Crippen molar-refractivity contribution < 1.29 is 9.59 Å². The second-order valence-electron chi connectivity index (χ2n) is 3.59. The molecule has 0 aliphatic rings. The van der Waals surface area contributed by atoms with Crippen molar-refractivity contribution in [1.29, 1.82) is 5.26 Å². The van der Waals surface area contributed by atoms with Crippen LogP contribution in [0.15, 0.2) is 0 Å². The molecule has 0 rings (SSSR count). The van der Waals surface area contributed by atoms with Crippen molar-refractivity contribution in [2.24, 2.45) is 5.92 Å². The third-order valence-electron chi connectivity index (χ3n) is 2.39. The Labute approximate surface area is 96.4 Å². The van der Waals surface area contributed by atoms with Gasteiger partial charge >= 0.3 is 0 Å². The first-order valence-corrected chi connectivity index (χ1v) is 5.46. The van der Waals surface area contributed by atoms with E-state index in [1.54, 1.807) is 11.8 Å². The van der Waals surface area contributed by atoms with Gasteiger partial charge in [-0.1, -0.05) is 0 Å². The molecule has 0 heterocycles. The van der Waals surface area contributed by atoms with E-state index in [4.69, 9.17) is 5.26 Å². The molecule has 0 bridgehead atoms. The summed E-state index contributed by atoms with van der Waals surface area (Å²) in [5.74, 6) is -1.26. The van der Waals surface area contributed by atoms with E-state index in [0.29, 0.717) is 13.1 Å². The van der Waals surface area contributed by atoms with E-state index >= 15 is 0 Å². The van der Waals surface area contributed by atoms with Gasteiger partial charge in [0.15, 0.2) is 0 Å². The smallest absolute Gasteiger partial charge is 0.244 e. The van der Waals surface area contributed by atoms with Crippen molar-refractivity contribution in [1.82, 2.24) is 10.2 Å². The van der Waals surface area contributed by atoms with Crippen LogP contribution in [0.2, 0.25) is 0 Å². The number of hydrogen-bond donors (Lipinski definition) is 1. The molecule has 0 aliphatic heterocycles. The second-order valence-corrected chi connectivity index (χ2v) is 3.59. The molecule has 0 aromatic rings. The summed E-state index contributed by atoms with van der Waals surface area (Å²) in [4.78, 5) is 24.8. The Bertz CT molecular complexity index is 292. The second kappa shape index (κ2) is 6.83. The van der Waals surface area contributed by atoms with Gasteiger partial charge in [0.05, 0.1) is 6.07 Å². The summed E-state index contributed by atoms with van der Waals surface area (Å²) in [5.41, 5.74) is 0. The Morgan fingerprint density at radius 2 is 1.81 bits per heavy atom. The van der Waals surface area contributed by atoms with Crippen LogP contribution in [0, 0.1) is 17.2 Å². The molecule has 2 atom stereocenters. The molecule has 0 aromatic carbocycles. The van der Waals surface area contributed by atoms with Gasteiger partial charge in [0.1, 0.15) is 12.0 Å². The van der Waals surface area contributed by atoms with Gasteiger partial charge in [0.25, 0.3) is 0 Å². The van der Waals surface area contributed by atoms with Gasteiger partial charge < -0.3 is 10.2 Å². The standard InChI is InChI=1S/C11H19N3O2/c1-5-14(6-2)11(16)9(4)13-10(15)8(3)7-12/h8-9H,5-6H2,1-4H3,(H,13,15). The highest BCUT2D eigenvalue weighted by Gasteiger charge is 2.22. The molecule has 0 aliphatic carbocycles. The maximum Gasteiger partial charge on any atom is 0.244 e. The molecule has 2 amide bonds. The van der Waals surface area contributed by atoms with Crippen molar-refractivity contribution in [3.63, 3.8) is 0 Å². The molecule has 2 unspecified atom stereocenters. The number of carbonyl (C=O) groups is 2. The number of likely N-dealkylation sites (N-methyl/N-ethyl adjacent to an activating group) is 1. The molecule has 0 radical (unpaired) electrons. The Kier molecular flexibility index (Phi) is 6.16. The molecule has 90 valence electrons. The summed E-state index contributed by atoms with van der Waals surface area (Å²) < 4.78 is 0. The molecule has 0 aromatic heterocycles. The quantitative estimate of drug-likeness (QED) is 0.741. The number of hydrogen-bond acceptors (Lipinski definition) is 3. The lowest BCUT2D eigenvalue weighted by molar-refractivity contribution is -0.136. The number of nitriles is 1. The molecular weight excluding hydrogens is 206 g/mol. The average Bonchev–Trinajstić information content (AvgIpc) is 2.29. The zero-order valence-corrected chi connectivity index (χ0v) is 10.3. The summed E-state index contributed by atoms with van der Waals surface area (Å²) >= 11 is 0. The first-order valence-electron chi connectivity index (χ1n) is 5.46. The van der Waals surface area contributed by atoms with Gasteiger partial charge in [-0.05, 0) is 27.7 Å². The topological polar surface area (TPSA) is 73.2 Å². The maximum absolute atomic E-state index is 11.8. The molecule has 0 spiro atoms. The van der Waals surface area contributed by atoms with Gasteiger partial charge in [-0.2, -0.15) is 5.26 Å². The highest BCUT2D eigenvalue weighted by Crippen LogP contribution is 1.98. The van der Waals surface area contributed by atoms with Crippen molar-refractivity contribution in [2.45, 2.75) is 33.7 Å². The van der Waals surface area contributed by atoms with E-state index in [1.807, 2.05) is 19.9 Å². The first kappa shape index (κ1) is 14.4. The minimum atomic E-state index is -0.730. The first-order chi connectivity index (χ1) is 7.47. The van der Waals surface area contributed by atoms with E-state index < -0.39 is 17.9 Å². The maximum atomic E-state index is 11.8. The van der Waals surface area contributed by atoms with Crippen LogP contribution in [0.5, 0.6) is 0 Å². The molecule has 0 saturated carbocycles. The lowest BCUT2D eigenvalue weighted by Gasteiger charge is -2.23. The lowest BCUT2D eigenvalue weighted by Crippen LogP contribution is -2.48. The highest BCUT2D eigenvalue weighted by molar-refractivity contribution is 5.88. The van der Waals surface area contributed by atoms with Crippen LogP contribution in [0.1, 0.15) is 27.7 Å². The van der Waals surface area contributed by atoms with Crippen LogP contribution in [-0.2, 0) is 9.59 Å². The Morgan fingerprint density at radius 3 is 2.19 bits per heavy atom. The van der Waals surface area contributed by atoms with Crippen LogP contribution in [0.25, 0.3) is 0 Å². The van der Waals surface area contributed by atoms with Crippen LogP contribution in [0.4, 0.5) is 0 Å². The summed E-state index contributed by atoms with van der Waals surface area (Å²) in [5, 5.41) is 11.1. The van der Waals surface area contributed by atoms with E-state index in [2.05, 4.69) is 5.32 Å². The van der Waals surface area contributed by atoms with Gasteiger partial charge in [-0.3, -0.25) is 9.59 Å². The van der Waals surface area contributed by atoms with Crippen molar-refractivity contribution in [3.8, 4) is 6.07 Å². The predicted octanol–water partition coefficient (Wildman–Crippen LogP) is 0.519. The van der Waals surface area contributed by atoms with Crippen LogP contribution in [-0.4, -0.2) is 35.8 Å². The zero-order valence-electron chi connectivity index (χ0n) is 10.3. The Balaban J connectivity index is 4.36. The largest absolute Gasteiger partial charge is 0.343 e. The van der Waals surface area contributed by atoms with Gasteiger partial charge in [-0.15, -0.1) is 0 Å². The minimum absolute atomic E-state index is 0.122. The van der Waals surface area contributed by atoms with Crippen LogP contribution >= 0.6 is 0 Å². The highest BCUT2D eigenvalue weighted by atomic mass is 16.2. The predicted molar refractivity (Wildman–Crippen MR) is 60.3 cm³/mol. The van der Waals surface area contributed by atoms with Crippen molar-refractivity contribution in [2.75, 3.05) is 13.1 Å². The van der Waals surface area contributed by atoms with Gasteiger partial charge in [-0.25, -0.2) is 0 Å². The van der Waals surface area contributed by atoms with Gasteiger partial charge in [0, 0.05) is 13.1 Å². The van der Waals surface area contributed by atoms with Crippen molar-refractivity contribution in [3.05, 3.63) is 0 Å². The number of nitrogens with one attached hydrogen (secondary N) is 1. The lowest BCUT2D eigenvalue weighted by atomic mass is 10.1. The molecule has 5 heteroatoms. The van der Waals surface area contributed by atoms with E-state index in [1.165, 1.54) is 6.92 Å². The fraction of sp³-hybridized carbons (Fsp3) is 0.727. The monoisotopic (exact) mass is 225 g/mol. The normalized spacial score (nSPS) is 13.4. The Hall–Kier alpha value is -1.57. The third-order valence-corrected chi connectivity index (χ3v) is 2.39. The third kappa shape index (κ3) is 3.89. The molecule has 0 fully saturated rings. The zero-order chi connectivity index (χ0) is 12.7. The number of carbonyl (C=O) groups excluding carboxylic acids is 2. The fourth-order valence-electron chi connectivity index (χ4n) is 1.27. The van der Waals surface area contributed by atoms with Crippen LogP contribution in [0.3, 0.4) is 0 Å². The number of rotatable bonds is 5. The minimum Gasteiger partial charge on any atom is -0.343 e. The molecule has 0 saturated heterocycles.